The van der Waals surface area contributed by atoms with Crippen LogP contribution in [0, 0.1) is 6.92 Å². The van der Waals surface area contributed by atoms with Crippen LogP contribution in [0.2, 0.25) is 0 Å². The highest BCUT2D eigenvalue weighted by Gasteiger charge is 2.09. The van der Waals surface area contributed by atoms with Gasteiger partial charge in [0.05, 0.1) is 5.52 Å². The summed E-state index contributed by atoms with van der Waals surface area (Å²) in [5.74, 6) is 7.28. The predicted molar refractivity (Wildman–Crippen MR) is 60.8 cm³/mol. The number of hydrazine groups is 1. The van der Waals surface area contributed by atoms with E-state index in [4.69, 9.17) is 5.84 Å². The van der Waals surface area contributed by atoms with Gasteiger partial charge in [0, 0.05) is 5.39 Å². The first-order valence-corrected chi connectivity index (χ1v) is 4.88. The van der Waals surface area contributed by atoms with Crippen molar-refractivity contribution in [1.82, 2.24) is 19.6 Å². The summed E-state index contributed by atoms with van der Waals surface area (Å²) in [5.41, 5.74) is 3.51. The summed E-state index contributed by atoms with van der Waals surface area (Å²) in [6.07, 6.45) is 0. The van der Waals surface area contributed by atoms with Crippen molar-refractivity contribution in [3.8, 4) is 0 Å². The van der Waals surface area contributed by atoms with Gasteiger partial charge in [0.25, 0.3) is 5.78 Å². The molecule has 0 aliphatic rings. The van der Waals surface area contributed by atoms with Crippen LogP contribution in [0.15, 0.2) is 24.3 Å². The molecule has 0 saturated heterocycles. The van der Waals surface area contributed by atoms with Gasteiger partial charge in [-0.2, -0.15) is 14.5 Å². The quantitative estimate of drug-likeness (QED) is 0.464. The van der Waals surface area contributed by atoms with E-state index in [0.717, 1.165) is 10.9 Å². The van der Waals surface area contributed by atoms with Gasteiger partial charge in [-0.05, 0) is 19.1 Å². The molecule has 0 amide bonds. The van der Waals surface area contributed by atoms with Gasteiger partial charge in [-0.15, -0.1) is 5.10 Å². The molecule has 2 aromatic heterocycles. The highest BCUT2D eigenvalue weighted by Crippen LogP contribution is 2.21. The predicted octanol–water partition coefficient (Wildman–Crippen LogP) is 0.872. The summed E-state index contributed by atoms with van der Waals surface area (Å²) in [4.78, 5) is 8.51. The van der Waals surface area contributed by atoms with Crippen molar-refractivity contribution >= 4 is 22.5 Å². The SMILES string of the molecule is Cc1nc2nc(NN)c3ccccc3n2n1. The molecule has 80 valence electrons. The van der Waals surface area contributed by atoms with Crippen molar-refractivity contribution < 1.29 is 0 Å². The minimum Gasteiger partial charge on any atom is -0.308 e. The van der Waals surface area contributed by atoms with E-state index in [1.165, 1.54) is 0 Å². The van der Waals surface area contributed by atoms with E-state index in [1.54, 1.807) is 4.52 Å². The van der Waals surface area contributed by atoms with E-state index in [0.29, 0.717) is 17.4 Å². The van der Waals surface area contributed by atoms with Gasteiger partial charge < -0.3 is 5.43 Å². The van der Waals surface area contributed by atoms with E-state index < -0.39 is 0 Å². The number of aryl methyl sites for hydroxylation is 1. The topological polar surface area (TPSA) is 81.1 Å². The van der Waals surface area contributed by atoms with Crippen molar-refractivity contribution in [2.45, 2.75) is 6.92 Å². The van der Waals surface area contributed by atoms with Gasteiger partial charge in [0.1, 0.15) is 5.82 Å². The number of hydrogen-bond acceptors (Lipinski definition) is 5. The molecule has 0 aliphatic heterocycles. The molecule has 3 aromatic rings. The second kappa shape index (κ2) is 3.14. The number of rotatable bonds is 1. The number of nitrogens with two attached hydrogens (primary N) is 1. The van der Waals surface area contributed by atoms with Crippen molar-refractivity contribution in [3.05, 3.63) is 30.1 Å². The summed E-state index contributed by atoms with van der Waals surface area (Å²) in [6, 6.07) is 7.77. The first-order valence-electron chi connectivity index (χ1n) is 4.88. The van der Waals surface area contributed by atoms with Crippen LogP contribution in [0.1, 0.15) is 5.82 Å². The van der Waals surface area contributed by atoms with Crippen molar-refractivity contribution in [2.75, 3.05) is 5.43 Å². The molecule has 6 heteroatoms. The third kappa shape index (κ3) is 1.13. The minimum atomic E-state index is 0.546. The average molecular weight is 214 g/mol. The fourth-order valence-electron chi connectivity index (χ4n) is 1.77. The summed E-state index contributed by atoms with van der Waals surface area (Å²) in [5, 5.41) is 5.21. The fourth-order valence-corrected chi connectivity index (χ4v) is 1.77. The molecule has 0 atom stereocenters. The lowest BCUT2D eigenvalue weighted by Crippen LogP contribution is -2.10. The number of benzene rings is 1. The van der Waals surface area contributed by atoms with Crippen LogP contribution < -0.4 is 11.3 Å². The van der Waals surface area contributed by atoms with Crippen LogP contribution in [0.5, 0.6) is 0 Å². The van der Waals surface area contributed by atoms with Gasteiger partial charge in [0.15, 0.2) is 5.82 Å². The highest BCUT2D eigenvalue weighted by atomic mass is 15.4. The Morgan fingerprint density at radius 2 is 2.06 bits per heavy atom. The Labute approximate surface area is 91.1 Å². The molecule has 16 heavy (non-hydrogen) atoms. The van der Waals surface area contributed by atoms with Crippen LogP contribution in [-0.4, -0.2) is 19.6 Å². The summed E-state index contributed by atoms with van der Waals surface area (Å²) in [6.45, 7) is 1.83. The van der Waals surface area contributed by atoms with Gasteiger partial charge >= 0.3 is 0 Å². The Morgan fingerprint density at radius 3 is 2.88 bits per heavy atom. The molecule has 0 spiro atoms. The monoisotopic (exact) mass is 214 g/mol. The van der Waals surface area contributed by atoms with Crippen LogP contribution in [0.25, 0.3) is 16.7 Å². The number of nitrogens with one attached hydrogen (secondary N) is 1. The maximum atomic E-state index is 5.44. The molecule has 6 nitrogen and oxygen atoms in total. The third-order valence-electron chi connectivity index (χ3n) is 2.43. The Kier molecular flexibility index (Phi) is 1.78. The number of anilines is 1. The number of fused-ring (bicyclic) bond motifs is 3. The lowest BCUT2D eigenvalue weighted by Gasteiger charge is -2.05. The third-order valence-corrected chi connectivity index (χ3v) is 2.43. The van der Waals surface area contributed by atoms with E-state index in [1.807, 2.05) is 31.2 Å². The van der Waals surface area contributed by atoms with E-state index in [-0.39, 0.29) is 0 Å². The molecule has 0 radical (unpaired) electrons. The van der Waals surface area contributed by atoms with Crippen LogP contribution in [0.3, 0.4) is 0 Å². The zero-order valence-electron chi connectivity index (χ0n) is 8.68. The van der Waals surface area contributed by atoms with Crippen LogP contribution in [-0.2, 0) is 0 Å². The molecule has 0 fully saturated rings. The Balaban J connectivity index is 2.56. The minimum absolute atomic E-state index is 0.546. The summed E-state index contributed by atoms with van der Waals surface area (Å²) < 4.78 is 1.71. The maximum Gasteiger partial charge on any atom is 0.255 e. The fraction of sp³-hybridized carbons (Fsp3) is 0.100. The Morgan fingerprint density at radius 1 is 1.25 bits per heavy atom. The lowest BCUT2D eigenvalue weighted by molar-refractivity contribution is 0.953. The normalized spacial score (nSPS) is 11.1. The number of hydrogen-bond donors (Lipinski definition) is 2. The second-order valence-corrected chi connectivity index (χ2v) is 3.49. The number of para-hydroxylation sites is 1. The lowest BCUT2D eigenvalue weighted by atomic mass is 10.2. The molecule has 0 bridgehead atoms. The van der Waals surface area contributed by atoms with Crippen molar-refractivity contribution in [3.63, 3.8) is 0 Å². The zero-order chi connectivity index (χ0) is 11.1. The largest absolute Gasteiger partial charge is 0.308 e. The molecule has 3 N–H and O–H groups in total. The van der Waals surface area contributed by atoms with Crippen LogP contribution in [0.4, 0.5) is 5.82 Å². The maximum absolute atomic E-state index is 5.44. The van der Waals surface area contributed by atoms with Gasteiger partial charge in [-0.25, -0.2) is 5.84 Å². The molecule has 0 aliphatic carbocycles. The van der Waals surface area contributed by atoms with Gasteiger partial charge in [0.2, 0.25) is 0 Å². The molecule has 0 unspecified atom stereocenters. The molecule has 3 rings (SSSR count). The van der Waals surface area contributed by atoms with Crippen molar-refractivity contribution in [1.29, 1.82) is 0 Å². The number of aromatic nitrogens is 4. The highest BCUT2D eigenvalue weighted by molar-refractivity contribution is 5.90. The average Bonchev–Trinajstić information content (AvgIpc) is 2.68. The molecule has 0 saturated carbocycles. The zero-order valence-corrected chi connectivity index (χ0v) is 8.68. The van der Waals surface area contributed by atoms with Crippen LogP contribution >= 0.6 is 0 Å². The van der Waals surface area contributed by atoms with E-state index in [9.17, 15) is 0 Å². The van der Waals surface area contributed by atoms with Gasteiger partial charge in [-0.1, -0.05) is 12.1 Å². The molecule has 1 aromatic carbocycles. The smallest absolute Gasteiger partial charge is 0.255 e. The first kappa shape index (κ1) is 9.05. The molecule has 2 heterocycles. The number of nitrogen functional groups attached to an aromatic ring is 1. The van der Waals surface area contributed by atoms with E-state index in [2.05, 4.69) is 20.5 Å². The standard InChI is InChI=1S/C10H10N6/c1-6-12-10-13-9(14-11)7-4-2-3-5-8(7)16(10)15-6/h2-5H,11H2,1H3,(H,12,13,14,15). The Bertz CT molecular complexity index is 671. The number of nitrogens with zero attached hydrogens (tertiary/aromatic N) is 4. The first-order chi connectivity index (χ1) is 7.79. The molecular weight excluding hydrogens is 204 g/mol. The summed E-state index contributed by atoms with van der Waals surface area (Å²) >= 11 is 0. The Hall–Kier alpha value is -2.21. The molecular formula is C10H10N6. The second-order valence-electron chi connectivity index (χ2n) is 3.49. The summed E-state index contributed by atoms with van der Waals surface area (Å²) in [7, 11) is 0. The van der Waals surface area contributed by atoms with E-state index >= 15 is 0 Å². The van der Waals surface area contributed by atoms with Crippen molar-refractivity contribution in [2.24, 2.45) is 5.84 Å². The van der Waals surface area contributed by atoms with Gasteiger partial charge in [-0.3, -0.25) is 0 Å².